The molecule has 0 aliphatic heterocycles. The fourth-order valence-electron chi connectivity index (χ4n) is 1.36. The first-order valence-electron chi connectivity index (χ1n) is 5.12. The molecule has 1 aromatic heterocycles. The maximum absolute atomic E-state index is 11.9. The molecule has 0 fully saturated rings. The molecular weight excluding hydrogens is 311 g/mol. The third kappa shape index (κ3) is 3.29. The van der Waals surface area contributed by atoms with Gasteiger partial charge in [0.05, 0.1) is 26.3 Å². The van der Waals surface area contributed by atoms with Crippen molar-refractivity contribution in [2.45, 2.75) is 0 Å². The lowest BCUT2D eigenvalue weighted by Gasteiger charge is -2.08. The van der Waals surface area contributed by atoms with Gasteiger partial charge in [-0.1, -0.05) is 34.8 Å². The van der Waals surface area contributed by atoms with E-state index in [1.807, 2.05) is 0 Å². The highest BCUT2D eigenvalue weighted by Crippen LogP contribution is 2.32. The zero-order chi connectivity index (χ0) is 14.0. The Morgan fingerprint density at radius 1 is 1.05 bits per heavy atom. The number of anilines is 1. The molecule has 98 valence electrons. The summed E-state index contributed by atoms with van der Waals surface area (Å²) in [5.41, 5.74) is 0.345. The van der Waals surface area contributed by atoms with Crippen LogP contribution in [0.4, 0.5) is 5.69 Å². The highest BCUT2D eigenvalue weighted by Gasteiger charge is 2.11. The molecule has 2 N–H and O–H groups in total. The first-order valence-corrected chi connectivity index (χ1v) is 6.25. The summed E-state index contributed by atoms with van der Waals surface area (Å²) < 4.78 is 0. The number of benzene rings is 1. The Morgan fingerprint density at radius 3 is 2.37 bits per heavy atom. The number of aromatic amines is 1. The number of hydrogen-bond acceptors (Lipinski definition) is 2. The summed E-state index contributed by atoms with van der Waals surface area (Å²) in [7, 11) is 0. The second-order valence-corrected chi connectivity index (χ2v) is 4.86. The molecule has 0 spiro atoms. The minimum atomic E-state index is -0.420. The van der Waals surface area contributed by atoms with Gasteiger partial charge < -0.3 is 10.3 Å². The summed E-state index contributed by atoms with van der Waals surface area (Å²) in [4.78, 5) is 25.2. The third-order valence-electron chi connectivity index (χ3n) is 2.30. The summed E-state index contributed by atoms with van der Waals surface area (Å²) in [6.45, 7) is 0. The van der Waals surface area contributed by atoms with Crippen molar-refractivity contribution in [3.8, 4) is 0 Å². The first kappa shape index (κ1) is 13.9. The molecule has 4 nitrogen and oxygen atoms in total. The lowest BCUT2D eigenvalue weighted by Crippen LogP contribution is -2.14. The Balaban J connectivity index is 2.26. The van der Waals surface area contributed by atoms with Crippen LogP contribution >= 0.6 is 34.8 Å². The number of carbonyl (C=O) groups excluding carboxylic acids is 1. The van der Waals surface area contributed by atoms with Gasteiger partial charge in [0.25, 0.3) is 5.91 Å². The van der Waals surface area contributed by atoms with Crippen molar-refractivity contribution in [2.75, 3.05) is 5.32 Å². The molecule has 0 atom stereocenters. The van der Waals surface area contributed by atoms with Crippen molar-refractivity contribution in [3.63, 3.8) is 0 Å². The Kier molecular flexibility index (Phi) is 4.14. The summed E-state index contributed by atoms with van der Waals surface area (Å²) in [6, 6.07) is 5.55. The molecule has 1 amide bonds. The molecule has 0 aliphatic rings. The second-order valence-electron chi connectivity index (χ2n) is 3.64. The van der Waals surface area contributed by atoms with Crippen LogP contribution < -0.4 is 10.9 Å². The standard InChI is InChI=1S/C12H7Cl3N2O2/c13-7-3-9(15)10(4-8(7)14)17-12(19)6-1-2-11(18)16-5-6/h1-5H,(H,16,18)(H,17,19). The van der Waals surface area contributed by atoms with E-state index in [1.165, 1.54) is 30.5 Å². The largest absolute Gasteiger partial charge is 0.328 e. The van der Waals surface area contributed by atoms with Gasteiger partial charge in [-0.05, 0) is 18.2 Å². The van der Waals surface area contributed by atoms with E-state index in [-0.39, 0.29) is 15.6 Å². The molecule has 0 bridgehead atoms. The van der Waals surface area contributed by atoms with Crippen LogP contribution in [-0.2, 0) is 0 Å². The number of hydrogen-bond donors (Lipinski definition) is 2. The van der Waals surface area contributed by atoms with Crippen molar-refractivity contribution < 1.29 is 4.79 Å². The second kappa shape index (κ2) is 5.65. The lowest BCUT2D eigenvalue weighted by molar-refractivity contribution is 0.102. The highest BCUT2D eigenvalue weighted by molar-refractivity contribution is 6.44. The SMILES string of the molecule is O=C(Nc1cc(Cl)c(Cl)cc1Cl)c1ccc(=O)[nH]c1. The van der Waals surface area contributed by atoms with Crippen molar-refractivity contribution in [1.82, 2.24) is 4.98 Å². The van der Waals surface area contributed by atoms with Crippen LogP contribution in [0.2, 0.25) is 15.1 Å². The maximum atomic E-state index is 11.9. The molecule has 0 unspecified atom stereocenters. The van der Waals surface area contributed by atoms with E-state index < -0.39 is 5.91 Å². The summed E-state index contributed by atoms with van der Waals surface area (Å²) in [6.07, 6.45) is 1.31. The fourth-order valence-corrected chi connectivity index (χ4v) is 1.96. The molecule has 0 aliphatic carbocycles. The first-order chi connectivity index (χ1) is 8.97. The van der Waals surface area contributed by atoms with Crippen LogP contribution in [0.3, 0.4) is 0 Å². The minimum Gasteiger partial charge on any atom is -0.328 e. The maximum Gasteiger partial charge on any atom is 0.257 e. The summed E-state index contributed by atoms with van der Waals surface area (Å²) in [5, 5.41) is 3.43. The number of pyridine rings is 1. The zero-order valence-corrected chi connectivity index (χ0v) is 11.6. The number of nitrogens with one attached hydrogen (secondary N) is 2. The summed E-state index contributed by atoms with van der Waals surface area (Å²) >= 11 is 17.6. The topological polar surface area (TPSA) is 62.0 Å². The Labute approximate surface area is 123 Å². The van der Waals surface area contributed by atoms with Crippen LogP contribution in [0.25, 0.3) is 0 Å². The van der Waals surface area contributed by atoms with E-state index >= 15 is 0 Å². The van der Waals surface area contributed by atoms with Gasteiger partial charge in [-0.3, -0.25) is 9.59 Å². The van der Waals surface area contributed by atoms with E-state index in [2.05, 4.69) is 10.3 Å². The van der Waals surface area contributed by atoms with Crippen LogP contribution in [0.1, 0.15) is 10.4 Å². The average Bonchev–Trinajstić information content (AvgIpc) is 2.36. The van der Waals surface area contributed by atoms with Crippen LogP contribution in [0.15, 0.2) is 35.3 Å². The van der Waals surface area contributed by atoms with Crippen molar-refractivity contribution in [1.29, 1.82) is 0 Å². The predicted octanol–water partition coefficient (Wildman–Crippen LogP) is 3.59. The molecule has 0 saturated heterocycles. The number of aromatic nitrogens is 1. The van der Waals surface area contributed by atoms with Gasteiger partial charge >= 0.3 is 0 Å². The lowest BCUT2D eigenvalue weighted by atomic mass is 10.2. The predicted molar refractivity (Wildman–Crippen MR) is 76.5 cm³/mol. The normalized spacial score (nSPS) is 10.3. The zero-order valence-electron chi connectivity index (χ0n) is 9.34. The highest BCUT2D eigenvalue weighted by atomic mass is 35.5. The van der Waals surface area contributed by atoms with E-state index in [1.54, 1.807) is 0 Å². The average molecular weight is 318 g/mol. The Hall–Kier alpha value is -1.49. The van der Waals surface area contributed by atoms with Crippen LogP contribution in [0.5, 0.6) is 0 Å². The van der Waals surface area contributed by atoms with Gasteiger partial charge in [0, 0.05) is 12.3 Å². The van der Waals surface area contributed by atoms with Gasteiger partial charge in [0.2, 0.25) is 5.56 Å². The molecule has 1 heterocycles. The number of carbonyl (C=O) groups is 1. The van der Waals surface area contributed by atoms with E-state index in [4.69, 9.17) is 34.8 Å². The van der Waals surface area contributed by atoms with E-state index in [9.17, 15) is 9.59 Å². The minimum absolute atomic E-state index is 0.271. The van der Waals surface area contributed by atoms with Gasteiger partial charge in [-0.15, -0.1) is 0 Å². The molecule has 0 radical (unpaired) electrons. The molecule has 19 heavy (non-hydrogen) atoms. The quantitative estimate of drug-likeness (QED) is 0.832. The molecule has 7 heteroatoms. The van der Waals surface area contributed by atoms with Crippen LogP contribution in [-0.4, -0.2) is 10.9 Å². The van der Waals surface area contributed by atoms with Gasteiger partial charge in [-0.2, -0.15) is 0 Å². The molecule has 0 saturated carbocycles. The van der Waals surface area contributed by atoms with E-state index in [0.29, 0.717) is 16.3 Å². The number of rotatable bonds is 2. The number of halogens is 3. The Bertz CT molecular complexity index is 677. The third-order valence-corrected chi connectivity index (χ3v) is 3.34. The molecular formula is C12H7Cl3N2O2. The summed E-state index contributed by atoms with van der Waals surface area (Å²) in [5.74, 6) is -0.420. The number of amides is 1. The molecule has 2 rings (SSSR count). The molecule has 1 aromatic carbocycles. The van der Waals surface area contributed by atoms with Crippen LogP contribution in [0, 0.1) is 0 Å². The molecule has 2 aromatic rings. The van der Waals surface area contributed by atoms with Crippen molar-refractivity contribution in [3.05, 3.63) is 61.4 Å². The smallest absolute Gasteiger partial charge is 0.257 e. The number of H-pyrrole nitrogens is 1. The fraction of sp³-hybridized carbons (Fsp3) is 0. The van der Waals surface area contributed by atoms with E-state index in [0.717, 1.165) is 0 Å². The van der Waals surface area contributed by atoms with Gasteiger partial charge in [-0.25, -0.2) is 0 Å². The van der Waals surface area contributed by atoms with Crippen molar-refractivity contribution in [2.24, 2.45) is 0 Å². The van der Waals surface area contributed by atoms with Crippen molar-refractivity contribution >= 4 is 46.4 Å². The van der Waals surface area contributed by atoms with Gasteiger partial charge in [0.15, 0.2) is 0 Å². The van der Waals surface area contributed by atoms with Gasteiger partial charge in [0.1, 0.15) is 0 Å². The Morgan fingerprint density at radius 2 is 1.74 bits per heavy atom. The monoisotopic (exact) mass is 316 g/mol.